The number of rotatable bonds is 3. The molecule has 2 aromatic rings. The van der Waals surface area contributed by atoms with Crippen molar-refractivity contribution in [3.05, 3.63) is 12.4 Å². The predicted octanol–water partition coefficient (Wildman–Crippen LogP) is -0.140. The van der Waals surface area contributed by atoms with Gasteiger partial charge >= 0.3 is 5.97 Å². The Morgan fingerprint density at radius 3 is 3.13 bits per heavy atom. The van der Waals surface area contributed by atoms with Gasteiger partial charge < -0.3 is 10.4 Å². The summed E-state index contributed by atoms with van der Waals surface area (Å²) < 4.78 is 1.65. The van der Waals surface area contributed by atoms with Gasteiger partial charge in [0.05, 0.1) is 12.4 Å². The summed E-state index contributed by atoms with van der Waals surface area (Å²) in [6.07, 6.45) is 3.20. The van der Waals surface area contributed by atoms with Crippen LogP contribution in [0.5, 0.6) is 0 Å². The fraction of sp³-hybridized carbons (Fsp3) is 0.250. The minimum Gasteiger partial charge on any atom is -0.480 e. The van der Waals surface area contributed by atoms with Gasteiger partial charge in [-0.1, -0.05) is 0 Å². The molecule has 0 unspecified atom stereocenters. The molecular formula is C8H9N5O2. The molecular weight excluding hydrogens is 198 g/mol. The van der Waals surface area contributed by atoms with Crippen LogP contribution in [0.2, 0.25) is 0 Å². The second-order valence-corrected chi connectivity index (χ2v) is 2.98. The fourth-order valence-electron chi connectivity index (χ4n) is 1.18. The Hall–Kier alpha value is -2.18. The molecule has 2 aromatic heterocycles. The number of aryl methyl sites for hydroxylation is 1. The Balaban J connectivity index is 2.27. The fourth-order valence-corrected chi connectivity index (χ4v) is 1.18. The molecule has 0 bridgehead atoms. The van der Waals surface area contributed by atoms with Crippen molar-refractivity contribution in [2.45, 2.75) is 0 Å². The first-order valence-electron chi connectivity index (χ1n) is 4.27. The van der Waals surface area contributed by atoms with Crippen molar-refractivity contribution in [3.8, 4) is 0 Å². The molecule has 0 aliphatic heterocycles. The predicted molar refractivity (Wildman–Crippen MR) is 52.4 cm³/mol. The molecule has 0 aliphatic carbocycles. The first kappa shape index (κ1) is 9.38. The number of carbonyl (C=O) groups is 1. The van der Waals surface area contributed by atoms with Gasteiger partial charge in [0.25, 0.3) is 0 Å². The number of carboxylic acid groups (broad SMARTS) is 1. The Kier molecular flexibility index (Phi) is 2.20. The zero-order valence-electron chi connectivity index (χ0n) is 8.01. The average Bonchev–Trinajstić information content (AvgIpc) is 2.57. The smallest absolute Gasteiger partial charge is 0.322 e. The second kappa shape index (κ2) is 3.52. The van der Waals surface area contributed by atoms with E-state index in [0.717, 1.165) is 5.52 Å². The molecule has 0 saturated carbocycles. The maximum absolute atomic E-state index is 10.3. The average molecular weight is 207 g/mol. The highest BCUT2D eigenvalue weighted by Gasteiger charge is 2.04. The number of anilines is 1. The summed E-state index contributed by atoms with van der Waals surface area (Å²) >= 11 is 0. The molecule has 0 radical (unpaired) electrons. The summed E-state index contributed by atoms with van der Waals surface area (Å²) in [4.78, 5) is 18.4. The van der Waals surface area contributed by atoms with Crippen LogP contribution in [0.1, 0.15) is 0 Å². The van der Waals surface area contributed by atoms with Crippen LogP contribution in [0.15, 0.2) is 12.4 Å². The Morgan fingerprint density at radius 2 is 2.40 bits per heavy atom. The molecule has 0 amide bonds. The van der Waals surface area contributed by atoms with Crippen molar-refractivity contribution in [1.29, 1.82) is 0 Å². The van der Waals surface area contributed by atoms with Gasteiger partial charge in [-0.3, -0.25) is 9.48 Å². The molecule has 0 spiro atoms. The van der Waals surface area contributed by atoms with Crippen molar-refractivity contribution < 1.29 is 9.90 Å². The van der Waals surface area contributed by atoms with E-state index < -0.39 is 5.97 Å². The quantitative estimate of drug-likeness (QED) is 0.727. The molecule has 2 N–H and O–H groups in total. The van der Waals surface area contributed by atoms with Crippen molar-refractivity contribution >= 4 is 23.0 Å². The van der Waals surface area contributed by atoms with E-state index in [2.05, 4.69) is 20.4 Å². The number of fused-ring (bicyclic) bond motifs is 1. The van der Waals surface area contributed by atoms with E-state index in [1.54, 1.807) is 24.1 Å². The standard InChI is InChI=1S/C8H9N5O2/c1-13-6-3-9-8(10-4-7(14)15)12-5(6)2-11-13/h2-3H,4H2,1H3,(H,14,15)(H,9,10,12). The maximum atomic E-state index is 10.3. The highest BCUT2D eigenvalue weighted by molar-refractivity contribution is 5.75. The third-order valence-corrected chi connectivity index (χ3v) is 1.90. The van der Waals surface area contributed by atoms with E-state index in [4.69, 9.17) is 5.11 Å². The first-order valence-corrected chi connectivity index (χ1v) is 4.27. The van der Waals surface area contributed by atoms with Crippen LogP contribution in [0.25, 0.3) is 11.0 Å². The van der Waals surface area contributed by atoms with Gasteiger partial charge in [0.15, 0.2) is 0 Å². The molecule has 2 heterocycles. The first-order chi connectivity index (χ1) is 7.16. The maximum Gasteiger partial charge on any atom is 0.322 e. The number of aliphatic carboxylic acids is 1. The zero-order valence-corrected chi connectivity index (χ0v) is 8.01. The van der Waals surface area contributed by atoms with Gasteiger partial charge in [-0.05, 0) is 0 Å². The summed E-state index contributed by atoms with van der Waals surface area (Å²) in [5.74, 6) is -0.664. The normalized spacial score (nSPS) is 10.5. The summed E-state index contributed by atoms with van der Waals surface area (Å²) in [6, 6.07) is 0. The van der Waals surface area contributed by atoms with Gasteiger partial charge in [0.1, 0.15) is 17.6 Å². The van der Waals surface area contributed by atoms with Crippen LogP contribution >= 0.6 is 0 Å². The lowest BCUT2D eigenvalue weighted by Gasteiger charge is -2.00. The summed E-state index contributed by atoms with van der Waals surface area (Å²) in [5.41, 5.74) is 1.48. The number of nitrogens with one attached hydrogen (secondary N) is 1. The molecule has 0 atom stereocenters. The molecule has 0 saturated heterocycles. The SMILES string of the molecule is Cn1ncc2nc(NCC(=O)O)ncc21. The highest BCUT2D eigenvalue weighted by Crippen LogP contribution is 2.10. The number of aromatic nitrogens is 4. The van der Waals surface area contributed by atoms with E-state index in [1.807, 2.05) is 0 Å². The molecule has 0 aliphatic rings. The molecule has 0 aromatic carbocycles. The van der Waals surface area contributed by atoms with E-state index >= 15 is 0 Å². The topological polar surface area (TPSA) is 92.9 Å². The highest BCUT2D eigenvalue weighted by atomic mass is 16.4. The van der Waals surface area contributed by atoms with Crippen molar-refractivity contribution in [2.75, 3.05) is 11.9 Å². The molecule has 78 valence electrons. The number of hydrogen-bond donors (Lipinski definition) is 2. The molecule has 7 nitrogen and oxygen atoms in total. The van der Waals surface area contributed by atoms with Gasteiger partial charge in [0, 0.05) is 7.05 Å². The Labute approximate surface area is 84.8 Å². The minimum absolute atomic E-state index is 0.203. The minimum atomic E-state index is -0.954. The van der Waals surface area contributed by atoms with Crippen LogP contribution in [-0.4, -0.2) is 37.4 Å². The molecule has 7 heteroatoms. The van der Waals surface area contributed by atoms with E-state index in [1.165, 1.54) is 0 Å². The van der Waals surface area contributed by atoms with Gasteiger partial charge in [-0.15, -0.1) is 0 Å². The third kappa shape index (κ3) is 1.85. The Bertz CT molecular complexity index is 507. The largest absolute Gasteiger partial charge is 0.480 e. The van der Waals surface area contributed by atoms with Crippen LogP contribution in [0.3, 0.4) is 0 Å². The Morgan fingerprint density at radius 1 is 1.60 bits per heavy atom. The van der Waals surface area contributed by atoms with Gasteiger partial charge in [-0.2, -0.15) is 5.10 Å². The number of carboxylic acids is 1. The number of hydrogen-bond acceptors (Lipinski definition) is 5. The van der Waals surface area contributed by atoms with Crippen LogP contribution < -0.4 is 5.32 Å². The monoisotopic (exact) mass is 207 g/mol. The lowest BCUT2D eigenvalue weighted by atomic mass is 10.5. The van der Waals surface area contributed by atoms with E-state index in [-0.39, 0.29) is 12.5 Å². The molecule has 15 heavy (non-hydrogen) atoms. The third-order valence-electron chi connectivity index (χ3n) is 1.90. The van der Waals surface area contributed by atoms with E-state index in [0.29, 0.717) is 5.52 Å². The van der Waals surface area contributed by atoms with Crippen LogP contribution in [0, 0.1) is 0 Å². The number of nitrogens with zero attached hydrogens (tertiary/aromatic N) is 4. The van der Waals surface area contributed by atoms with Crippen molar-refractivity contribution in [1.82, 2.24) is 19.7 Å². The second-order valence-electron chi connectivity index (χ2n) is 2.98. The van der Waals surface area contributed by atoms with Crippen molar-refractivity contribution in [2.24, 2.45) is 7.05 Å². The lowest BCUT2D eigenvalue weighted by molar-refractivity contribution is -0.134. The van der Waals surface area contributed by atoms with Crippen LogP contribution in [0.4, 0.5) is 5.95 Å². The summed E-state index contributed by atoms with van der Waals surface area (Å²) in [5, 5.41) is 15.0. The summed E-state index contributed by atoms with van der Waals surface area (Å²) in [6.45, 7) is -0.203. The zero-order chi connectivity index (χ0) is 10.8. The van der Waals surface area contributed by atoms with Gasteiger partial charge in [-0.25, -0.2) is 9.97 Å². The van der Waals surface area contributed by atoms with Crippen LogP contribution in [-0.2, 0) is 11.8 Å². The molecule has 0 fully saturated rings. The summed E-state index contributed by atoms with van der Waals surface area (Å²) in [7, 11) is 1.79. The lowest BCUT2D eigenvalue weighted by Crippen LogP contribution is -2.14. The molecule has 2 rings (SSSR count). The van der Waals surface area contributed by atoms with Crippen molar-refractivity contribution in [3.63, 3.8) is 0 Å². The van der Waals surface area contributed by atoms with Gasteiger partial charge in [0.2, 0.25) is 5.95 Å². The van der Waals surface area contributed by atoms with E-state index in [9.17, 15) is 4.79 Å².